The van der Waals surface area contributed by atoms with Crippen molar-refractivity contribution in [3.63, 3.8) is 0 Å². The standard InChI is InChI=1S/C7H6N4O2/c12-6-2-1-5(3-7(6)13)11-9-4-8-10-11/h1-4,12-13H. The Bertz CT molecular complexity index is 412. The van der Waals surface area contributed by atoms with E-state index in [2.05, 4.69) is 15.4 Å². The van der Waals surface area contributed by atoms with Crippen LogP contribution >= 0.6 is 0 Å². The molecule has 0 saturated carbocycles. The van der Waals surface area contributed by atoms with Gasteiger partial charge in [0, 0.05) is 6.07 Å². The molecule has 6 nitrogen and oxygen atoms in total. The molecule has 0 spiro atoms. The van der Waals surface area contributed by atoms with E-state index in [0.717, 1.165) is 0 Å². The summed E-state index contributed by atoms with van der Waals surface area (Å²) in [6.45, 7) is 0. The lowest BCUT2D eigenvalue weighted by atomic mass is 10.3. The minimum Gasteiger partial charge on any atom is -0.504 e. The Hall–Kier alpha value is -2.11. The Labute approximate surface area is 73.1 Å². The average Bonchev–Trinajstić information content (AvgIpc) is 2.62. The minimum absolute atomic E-state index is 0.177. The van der Waals surface area contributed by atoms with Crippen LogP contribution in [-0.2, 0) is 0 Å². The van der Waals surface area contributed by atoms with Crippen LogP contribution in [0.2, 0.25) is 0 Å². The van der Waals surface area contributed by atoms with Crippen molar-refractivity contribution in [2.45, 2.75) is 0 Å². The van der Waals surface area contributed by atoms with Gasteiger partial charge in [-0.1, -0.05) is 0 Å². The molecular weight excluding hydrogens is 172 g/mol. The highest BCUT2D eigenvalue weighted by Gasteiger charge is 2.02. The van der Waals surface area contributed by atoms with Crippen LogP contribution in [0.25, 0.3) is 5.69 Å². The molecular formula is C7H6N4O2. The number of hydrogen-bond donors (Lipinski definition) is 2. The molecule has 0 fully saturated rings. The number of tetrazole rings is 1. The zero-order valence-electron chi connectivity index (χ0n) is 6.49. The Balaban J connectivity index is 2.49. The molecule has 2 aromatic rings. The van der Waals surface area contributed by atoms with Crippen LogP contribution in [0.15, 0.2) is 24.5 Å². The third kappa shape index (κ3) is 1.28. The molecule has 2 N–H and O–H groups in total. The van der Waals surface area contributed by atoms with E-state index in [1.54, 1.807) is 6.07 Å². The molecule has 0 aliphatic rings. The van der Waals surface area contributed by atoms with Crippen molar-refractivity contribution >= 4 is 0 Å². The fourth-order valence-corrected chi connectivity index (χ4v) is 0.922. The number of aromatic hydroxyl groups is 2. The summed E-state index contributed by atoms with van der Waals surface area (Å²) in [5, 5.41) is 29.1. The highest BCUT2D eigenvalue weighted by molar-refractivity contribution is 5.45. The maximum absolute atomic E-state index is 9.16. The number of nitrogens with zero attached hydrogens (tertiary/aromatic N) is 4. The predicted octanol–water partition coefficient (Wildman–Crippen LogP) is 0.0735. The van der Waals surface area contributed by atoms with Crippen molar-refractivity contribution < 1.29 is 10.2 Å². The van der Waals surface area contributed by atoms with E-state index in [1.807, 2.05) is 0 Å². The van der Waals surface area contributed by atoms with Crippen LogP contribution in [-0.4, -0.2) is 30.4 Å². The molecule has 13 heavy (non-hydrogen) atoms. The molecule has 6 heteroatoms. The molecule has 1 aromatic carbocycles. The average molecular weight is 178 g/mol. The third-order valence-electron chi connectivity index (χ3n) is 1.54. The molecule has 0 radical (unpaired) electrons. The Morgan fingerprint density at radius 2 is 2.00 bits per heavy atom. The van der Waals surface area contributed by atoms with Crippen LogP contribution < -0.4 is 0 Å². The maximum atomic E-state index is 9.16. The second-order valence-corrected chi connectivity index (χ2v) is 2.40. The fourth-order valence-electron chi connectivity index (χ4n) is 0.922. The lowest BCUT2D eigenvalue weighted by Gasteiger charge is -2.00. The molecule has 0 aliphatic heterocycles. The first-order valence-corrected chi connectivity index (χ1v) is 3.53. The second-order valence-electron chi connectivity index (χ2n) is 2.40. The summed E-state index contributed by atoms with van der Waals surface area (Å²) in [4.78, 5) is 1.24. The van der Waals surface area contributed by atoms with Gasteiger partial charge in [0.2, 0.25) is 0 Å². The van der Waals surface area contributed by atoms with Gasteiger partial charge < -0.3 is 10.2 Å². The van der Waals surface area contributed by atoms with Gasteiger partial charge in [-0.2, -0.15) is 0 Å². The molecule has 1 aromatic heterocycles. The van der Waals surface area contributed by atoms with E-state index in [4.69, 9.17) is 10.2 Å². The molecule has 0 saturated heterocycles. The monoisotopic (exact) mass is 178 g/mol. The van der Waals surface area contributed by atoms with E-state index in [9.17, 15) is 0 Å². The van der Waals surface area contributed by atoms with Gasteiger partial charge in [-0.15, -0.1) is 15.0 Å². The van der Waals surface area contributed by atoms with Crippen LogP contribution in [0, 0.1) is 0 Å². The summed E-state index contributed by atoms with van der Waals surface area (Å²) in [6.07, 6.45) is 1.28. The maximum Gasteiger partial charge on any atom is 0.162 e. The SMILES string of the molecule is Oc1ccc(-n2ncnn2)cc1O. The highest BCUT2D eigenvalue weighted by atomic mass is 16.3. The van der Waals surface area contributed by atoms with Crippen molar-refractivity contribution in [2.75, 3.05) is 0 Å². The number of hydrogen-bond acceptors (Lipinski definition) is 5. The normalized spacial score (nSPS) is 10.2. The molecule has 1 heterocycles. The summed E-state index contributed by atoms with van der Waals surface area (Å²) >= 11 is 0. The smallest absolute Gasteiger partial charge is 0.162 e. The largest absolute Gasteiger partial charge is 0.504 e. The van der Waals surface area contributed by atoms with Crippen LogP contribution in [0.1, 0.15) is 0 Å². The van der Waals surface area contributed by atoms with Crippen LogP contribution in [0.4, 0.5) is 0 Å². The fraction of sp³-hybridized carbons (Fsp3) is 0. The Morgan fingerprint density at radius 3 is 2.62 bits per heavy atom. The molecule has 2 rings (SSSR count). The Morgan fingerprint density at radius 1 is 1.15 bits per heavy atom. The van der Waals surface area contributed by atoms with Gasteiger partial charge in [0.1, 0.15) is 0 Å². The molecule has 66 valence electrons. The van der Waals surface area contributed by atoms with E-state index >= 15 is 0 Å². The summed E-state index contributed by atoms with van der Waals surface area (Å²) in [7, 11) is 0. The summed E-state index contributed by atoms with van der Waals surface area (Å²) in [5.74, 6) is -0.390. The lowest BCUT2D eigenvalue weighted by Crippen LogP contribution is -1.98. The van der Waals surface area contributed by atoms with Gasteiger partial charge in [0.05, 0.1) is 5.69 Å². The van der Waals surface area contributed by atoms with E-state index in [1.165, 1.54) is 23.3 Å². The van der Waals surface area contributed by atoms with Crippen molar-refractivity contribution in [3.05, 3.63) is 24.5 Å². The first kappa shape index (κ1) is 7.53. The number of phenolic OH excluding ortho intramolecular Hbond substituents is 2. The van der Waals surface area contributed by atoms with Gasteiger partial charge in [-0.3, -0.25) is 0 Å². The molecule has 0 amide bonds. The van der Waals surface area contributed by atoms with Crippen molar-refractivity contribution in [3.8, 4) is 17.2 Å². The number of phenols is 2. The third-order valence-corrected chi connectivity index (χ3v) is 1.54. The number of benzene rings is 1. The summed E-state index contributed by atoms with van der Waals surface area (Å²) < 4.78 is 0. The number of rotatable bonds is 1. The highest BCUT2D eigenvalue weighted by Crippen LogP contribution is 2.25. The first-order chi connectivity index (χ1) is 6.27. The van der Waals surface area contributed by atoms with Crippen molar-refractivity contribution in [1.29, 1.82) is 0 Å². The topological polar surface area (TPSA) is 84.1 Å². The first-order valence-electron chi connectivity index (χ1n) is 3.53. The van der Waals surface area contributed by atoms with Gasteiger partial charge in [-0.25, -0.2) is 0 Å². The van der Waals surface area contributed by atoms with Gasteiger partial charge in [0.25, 0.3) is 0 Å². The van der Waals surface area contributed by atoms with E-state index < -0.39 is 0 Å². The van der Waals surface area contributed by atoms with Crippen molar-refractivity contribution in [2.24, 2.45) is 0 Å². The predicted molar refractivity (Wildman–Crippen MR) is 42.5 cm³/mol. The number of aromatic nitrogens is 4. The quantitative estimate of drug-likeness (QED) is 0.604. The summed E-state index contributed by atoms with van der Waals surface area (Å²) in [6, 6.07) is 4.27. The van der Waals surface area contributed by atoms with Crippen LogP contribution in [0.5, 0.6) is 11.5 Å². The van der Waals surface area contributed by atoms with E-state index in [0.29, 0.717) is 5.69 Å². The summed E-state index contributed by atoms with van der Waals surface area (Å²) in [5.41, 5.74) is 0.535. The molecule has 0 atom stereocenters. The lowest BCUT2D eigenvalue weighted by molar-refractivity contribution is 0.403. The zero-order valence-corrected chi connectivity index (χ0v) is 6.49. The molecule has 0 aliphatic carbocycles. The van der Waals surface area contributed by atoms with Crippen LogP contribution in [0.3, 0.4) is 0 Å². The van der Waals surface area contributed by atoms with E-state index in [-0.39, 0.29) is 11.5 Å². The van der Waals surface area contributed by atoms with Crippen molar-refractivity contribution in [1.82, 2.24) is 20.2 Å². The Kier molecular flexibility index (Phi) is 1.59. The second kappa shape index (κ2) is 2.74. The zero-order chi connectivity index (χ0) is 9.26. The van der Waals surface area contributed by atoms with Gasteiger partial charge in [0.15, 0.2) is 17.8 Å². The van der Waals surface area contributed by atoms with Gasteiger partial charge >= 0.3 is 0 Å². The molecule has 0 bridgehead atoms. The van der Waals surface area contributed by atoms with Gasteiger partial charge in [-0.05, 0) is 17.3 Å². The molecule has 0 unspecified atom stereocenters. The minimum atomic E-state index is -0.213.